The Morgan fingerprint density at radius 1 is 0.892 bits per heavy atom. The maximum atomic E-state index is 13.0. The van der Waals surface area contributed by atoms with Crippen molar-refractivity contribution < 1.29 is 19.1 Å². The van der Waals surface area contributed by atoms with Crippen LogP contribution in [-0.4, -0.2) is 42.8 Å². The first kappa shape index (κ1) is 27.5. The van der Waals surface area contributed by atoms with Gasteiger partial charge in [-0.2, -0.15) is 0 Å². The first-order valence-corrected chi connectivity index (χ1v) is 12.4. The third-order valence-corrected chi connectivity index (χ3v) is 6.03. The normalized spacial score (nSPS) is 10.5. The summed E-state index contributed by atoms with van der Waals surface area (Å²) in [5.74, 6) is 0.360. The van der Waals surface area contributed by atoms with Gasteiger partial charge in [-0.3, -0.25) is 9.59 Å². The average Bonchev–Trinajstić information content (AvgIpc) is 2.90. The van der Waals surface area contributed by atoms with Crippen molar-refractivity contribution in [2.24, 2.45) is 0 Å². The number of hydrogen-bond donors (Lipinski definition) is 2. The van der Waals surface area contributed by atoms with Crippen LogP contribution < -0.4 is 15.4 Å². The van der Waals surface area contributed by atoms with E-state index in [0.717, 1.165) is 33.4 Å². The predicted octanol–water partition coefficient (Wildman–Crippen LogP) is 4.65. The van der Waals surface area contributed by atoms with Crippen molar-refractivity contribution in [1.29, 1.82) is 0 Å². The van der Waals surface area contributed by atoms with Crippen LogP contribution in [0.2, 0.25) is 0 Å². The number of rotatable bonds is 11. The van der Waals surface area contributed by atoms with E-state index < -0.39 is 0 Å². The molecule has 0 saturated heterocycles. The summed E-state index contributed by atoms with van der Waals surface area (Å²) in [6.45, 7) is 6.85. The summed E-state index contributed by atoms with van der Waals surface area (Å²) in [5, 5.41) is 5.65. The highest BCUT2D eigenvalue weighted by atomic mass is 16.5. The Morgan fingerprint density at radius 3 is 2.32 bits per heavy atom. The fraction of sp³-hybridized carbons (Fsp3) is 0.300. The highest BCUT2D eigenvalue weighted by molar-refractivity contribution is 5.86. The Labute approximate surface area is 218 Å². The van der Waals surface area contributed by atoms with Gasteiger partial charge in [0.15, 0.2) is 0 Å². The Hall–Kier alpha value is -4.13. The van der Waals surface area contributed by atoms with Crippen LogP contribution in [-0.2, 0) is 29.1 Å². The summed E-state index contributed by atoms with van der Waals surface area (Å²) in [6, 6.07) is 21.4. The molecule has 3 amide bonds. The molecule has 0 spiro atoms. The molecule has 0 bridgehead atoms. The molecule has 194 valence electrons. The van der Waals surface area contributed by atoms with Gasteiger partial charge in [0.1, 0.15) is 11.5 Å². The second-order valence-corrected chi connectivity index (χ2v) is 9.01. The number of carbonyl (C=O) groups is 3. The molecule has 37 heavy (non-hydrogen) atoms. The third kappa shape index (κ3) is 7.93. The van der Waals surface area contributed by atoms with Gasteiger partial charge in [0.05, 0.1) is 20.1 Å². The van der Waals surface area contributed by atoms with E-state index in [2.05, 4.69) is 16.7 Å². The number of urea groups is 1. The lowest BCUT2D eigenvalue weighted by Crippen LogP contribution is -2.39. The number of nitrogens with zero attached hydrogens (tertiary/aromatic N) is 1. The number of aryl methyl sites for hydroxylation is 1. The minimum atomic E-state index is -0.220. The van der Waals surface area contributed by atoms with Gasteiger partial charge < -0.3 is 20.3 Å². The van der Waals surface area contributed by atoms with Crippen molar-refractivity contribution in [3.8, 4) is 16.9 Å². The van der Waals surface area contributed by atoms with E-state index in [1.165, 1.54) is 6.92 Å². The predicted molar refractivity (Wildman–Crippen MR) is 145 cm³/mol. The Balaban J connectivity index is 1.85. The number of carbonyl (C=O) groups excluding carboxylic acids is 3. The Morgan fingerprint density at radius 2 is 1.65 bits per heavy atom. The number of hydrogen-bond acceptors (Lipinski definition) is 4. The van der Waals surface area contributed by atoms with Crippen molar-refractivity contribution in [3.05, 3.63) is 89.0 Å². The number of nitrogens with one attached hydrogen (secondary N) is 2. The number of ketones is 1. The van der Waals surface area contributed by atoms with Crippen molar-refractivity contribution in [2.75, 3.05) is 20.2 Å². The molecule has 3 aromatic rings. The van der Waals surface area contributed by atoms with Crippen LogP contribution >= 0.6 is 0 Å². The summed E-state index contributed by atoms with van der Waals surface area (Å²) < 4.78 is 5.65. The molecule has 0 fully saturated rings. The summed E-state index contributed by atoms with van der Waals surface area (Å²) in [6.07, 6.45) is 0.147. The molecule has 0 aliphatic heterocycles. The lowest BCUT2D eigenvalue weighted by molar-refractivity contribution is -0.124. The molecule has 7 heteroatoms. The van der Waals surface area contributed by atoms with Gasteiger partial charge in [-0.25, -0.2) is 4.79 Å². The lowest BCUT2D eigenvalue weighted by atomic mass is 9.94. The molecular formula is C30H35N3O4. The first-order valence-electron chi connectivity index (χ1n) is 12.4. The molecule has 3 aromatic carbocycles. The van der Waals surface area contributed by atoms with E-state index >= 15 is 0 Å². The minimum Gasteiger partial charge on any atom is -0.496 e. The minimum absolute atomic E-state index is 0.0170. The summed E-state index contributed by atoms with van der Waals surface area (Å²) in [5.41, 5.74) is 5.68. The van der Waals surface area contributed by atoms with Crippen LogP contribution in [0.5, 0.6) is 5.75 Å². The van der Waals surface area contributed by atoms with Crippen LogP contribution in [0.25, 0.3) is 11.1 Å². The topological polar surface area (TPSA) is 87.7 Å². The summed E-state index contributed by atoms with van der Waals surface area (Å²) in [7, 11) is 1.61. The summed E-state index contributed by atoms with van der Waals surface area (Å²) in [4.78, 5) is 38.3. The van der Waals surface area contributed by atoms with Crippen molar-refractivity contribution in [1.82, 2.24) is 15.5 Å². The Kier molecular flexibility index (Phi) is 9.84. The van der Waals surface area contributed by atoms with Gasteiger partial charge in [-0.05, 0) is 55.2 Å². The second-order valence-electron chi connectivity index (χ2n) is 9.01. The maximum Gasteiger partial charge on any atom is 0.317 e. The lowest BCUT2D eigenvalue weighted by Gasteiger charge is -2.24. The summed E-state index contributed by atoms with van der Waals surface area (Å²) >= 11 is 0. The second kappa shape index (κ2) is 13.3. The van der Waals surface area contributed by atoms with Crippen LogP contribution in [0.15, 0.2) is 66.7 Å². The average molecular weight is 502 g/mol. The number of Topliss-reactive ketones (excluding diaryl/α,β-unsaturated/α-hetero) is 1. The third-order valence-electron chi connectivity index (χ3n) is 6.03. The number of methoxy groups -OCH3 is 1. The molecule has 0 saturated carbocycles. The molecule has 0 aliphatic rings. The fourth-order valence-electron chi connectivity index (χ4n) is 4.08. The van der Waals surface area contributed by atoms with Crippen molar-refractivity contribution in [2.45, 2.75) is 40.3 Å². The fourth-order valence-corrected chi connectivity index (χ4v) is 4.08. The van der Waals surface area contributed by atoms with Crippen molar-refractivity contribution >= 4 is 17.7 Å². The van der Waals surface area contributed by atoms with Crippen molar-refractivity contribution in [3.63, 3.8) is 0 Å². The van der Waals surface area contributed by atoms with Gasteiger partial charge in [-0.1, -0.05) is 60.2 Å². The van der Waals surface area contributed by atoms with Gasteiger partial charge >= 0.3 is 6.03 Å². The van der Waals surface area contributed by atoms with E-state index in [1.807, 2.05) is 74.5 Å². The molecule has 0 heterocycles. The largest absolute Gasteiger partial charge is 0.496 e. The monoisotopic (exact) mass is 501 g/mol. The first-order chi connectivity index (χ1) is 17.8. The van der Waals surface area contributed by atoms with Gasteiger partial charge in [0, 0.05) is 25.2 Å². The zero-order chi connectivity index (χ0) is 26.8. The van der Waals surface area contributed by atoms with Gasteiger partial charge in [-0.15, -0.1) is 0 Å². The molecular weight excluding hydrogens is 466 g/mol. The van der Waals surface area contributed by atoms with Crippen LogP contribution in [0, 0.1) is 6.92 Å². The smallest absolute Gasteiger partial charge is 0.317 e. The Bertz CT molecular complexity index is 1240. The molecule has 2 N–H and O–H groups in total. The van der Waals surface area contributed by atoms with E-state index in [9.17, 15) is 14.4 Å². The van der Waals surface area contributed by atoms with Gasteiger partial charge in [0.25, 0.3) is 0 Å². The highest BCUT2D eigenvalue weighted by Gasteiger charge is 2.18. The van der Waals surface area contributed by atoms with Crippen LogP contribution in [0.3, 0.4) is 0 Å². The molecule has 7 nitrogen and oxygen atoms in total. The van der Waals surface area contributed by atoms with E-state index in [4.69, 9.17) is 4.74 Å². The quantitative estimate of drug-likeness (QED) is 0.400. The number of benzene rings is 3. The van der Waals surface area contributed by atoms with E-state index in [-0.39, 0.29) is 30.7 Å². The highest BCUT2D eigenvalue weighted by Crippen LogP contribution is 2.34. The zero-order valence-electron chi connectivity index (χ0n) is 22.0. The molecule has 3 rings (SSSR count). The van der Waals surface area contributed by atoms with Crippen LogP contribution in [0.4, 0.5) is 4.79 Å². The standard InChI is InChI=1S/C30H35N3O4/c1-5-33(30(36)32-19-23-9-7-6-8-10-23)20-25-15-21(2)11-13-26(25)27-16-24(12-14-28(27)37-4)17-29(35)31-18-22(3)34/h6-16H,5,17-20H2,1-4H3,(H,31,35)(H,32,36). The molecule has 0 aromatic heterocycles. The molecule has 0 radical (unpaired) electrons. The molecule has 0 unspecified atom stereocenters. The zero-order valence-corrected chi connectivity index (χ0v) is 22.0. The maximum absolute atomic E-state index is 13.0. The van der Waals surface area contributed by atoms with Gasteiger partial charge in [0.2, 0.25) is 5.91 Å². The molecule has 0 aliphatic carbocycles. The SMILES string of the molecule is CCN(Cc1cc(C)ccc1-c1cc(CC(=O)NCC(C)=O)ccc1OC)C(=O)NCc1ccccc1. The molecule has 0 atom stereocenters. The van der Waals surface area contributed by atoms with E-state index in [0.29, 0.717) is 25.4 Å². The number of ether oxygens (including phenoxy) is 1. The van der Waals surface area contributed by atoms with Crippen LogP contribution in [0.1, 0.15) is 36.1 Å². The van der Waals surface area contributed by atoms with E-state index in [1.54, 1.807) is 12.0 Å². The number of amides is 3.